The first-order chi connectivity index (χ1) is 17.0. The van der Waals surface area contributed by atoms with Crippen LogP contribution in [0.25, 0.3) is 11.1 Å². The van der Waals surface area contributed by atoms with Crippen LogP contribution in [0.3, 0.4) is 0 Å². The number of hydroxylamine groups is 1. The Labute approximate surface area is 215 Å². The van der Waals surface area contributed by atoms with E-state index < -0.39 is 20.5 Å². The predicted molar refractivity (Wildman–Crippen MR) is 136 cm³/mol. The maximum Gasteiger partial charge on any atom is 0.264 e. The maximum atomic E-state index is 12.7. The van der Waals surface area contributed by atoms with Crippen molar-refractivity contribution in [1.29, 1.82) is 0 Å². The number of nitrogens with zero attached hydrogens (tertiary/aromatic N) is 2. The summed E-state index contributed by atoms with van der Waals surface area (Å²) in [7, 11) is -3.86. The van der Waals surface area contributed by atoms with Gasteiger partial charge in [0, 0.05) is 50.3 Å². The second-order valence-electron chi connectivity index (χ2n) is 8.94. The van der Waals surface area contributed by atoms with Gasteiger partial charge in [0.15, 0.2) is 14.6 Å². The molecule has 2 aromatic rings. The number of halogens is 1. The summed E-state index contributed by atoms with van der Waals surface area (Å²) in [6, 6.07) is 8.38. The maximum absolute atomic E-state index is 12.7. The van der Waals surface area contributed by atoms with Crippen molar-refractivity contribution < 1.29 is 27.9 Å². The van der Waals surface area contributed by atoms with Crippen LogP contribution in [0.1, 0.15) is 19.8 Å². The summed E-state index contributed by atoms with van der Waals surface area (Å²) in [6.45, 7) is 6.08. The third-order valence-electron chi connectivity index (χ3n) is 6.47. The average molecular weight is 542 g/mol. The molecule has 1 aliphatic heterocycles. The molecule has 1 saturated heterocycles. The monoisotopic (exact) mass is 541 g/mol. The van der Waals surface area contributed by atoms with Crippen molar-refractivity contribution in [3.05, 3.63) is 51.9 Å². The molecule has 36 heavy (non-hydrogen) atoms. The minimum absolute atomic E-state index is 0.0406. The lowest BCUT2D eigenvalue weighted by Gasteiger charge is -2.26. The Bertz CT molecular complexity index is 1230. The third kappa shape index (κ3) is 6.86. The molecule has 0 spiro atoms. The quantitative estimate of drug-likeness (QED) is 0.251. The number of amides is 1. The van der Waals surface area contributed by atoms with E-state index in [4.69, 9.17) is 26.3 Å². The van der Waals surface area contributed by atoms with E-state index in [1.54, 1.807) is 24.3 Å². The molecule has 12 heteroatoms. The molecule has 3 rings (SSSR count). The van der Waals surface area contributed by atoms with Gasteiger partial charge in [0.25, 0.3) is 11.5 Å². The van der Waals surface area contributed by atoms with Crippen LogP contribution in [0.2, 0.25) is 5.02 Å². The summed E-state index contributed by atoms with van der Waals surface area (Å²) in [5.74, 6) is -0.411. The highest BCUT2D eigenvalue weighted by Gasteiger charge is 2.43. The number of sulfone groups is 1. The van der Waals surface area contributed by atoms with E-state index in [1.165, 1.54) is 29.2 Å². The van der Waals surface area contributed by atoms with Crippen LogP contribution in [0.4, 0.5) is 0 Å². The number of carbonyl (C=O) groups excluding carboxylic acids is 1. The minimum Gasteiger partial charge on any atom is -0.493 e. The van der Waals surface area contributed by atoms with Crippen molar-refractivity contribution in [3.63, 3.8) is 0 Å². The number of ether oxygens (including phenoxy) is 2. The fourth-order valence-electron chi connectivity index (χ4n) is 3.90. The fourth-order valence-corrected chi connectivity index (χ4v) is 5.03. The zero-order chi connectivity index (χ0) is 26.3. The van der Waals surface area contributed by atoms with Gasteiger partial charge in [-0.2, -0.15) is 0 Å². The van der Waals surface area contributed by atoms with Gasteiger partial charge in [0.05, 0.1) is 24.8 Å². The van der Waals surface area contributed by atoms with E-state index in [9.17, 15) is 18.0 Å². The fraction of sp³-hybridized carbons (Fsp3) is 0.500. The number of aryl methyl sites for hydroxylation is 1. The van der Waals surface area contributed by atoms with Crippen LogP contribution in [0.15, 0.2) is 41.3 Å². The van der Waals surface area contributed by atoms with Crippen molar-refractivity contribution >= 4 is 27.3 Å². The Kier molecular flexibility index (Phi) is 9.53. The van der Waals surface area contributed by atoms with E-state index in [0.29, 0.717) is 28.5 Å². The van der Waals surface area contributed by atoms with Crippen LogP contribution in [-0.4, -0.2) is 79.5 Å². The second-order valence-corrected chi connectivity index (χ2v) is 11.8. The molecular formula is C24H32ClN3O7S. The third-order valence-corrected chi connectivity index (χ3v) is 8.81. The Morgan fingerprint density at radius 1 is 1.22 bits per heavy atom. The zero-order valence-electron chi connectivity index (χ0n) is 20.4. The number of hydrogen-bond acceptors (Lipinski definition) is 8. The lowest BCUT2D eigenvalue weighted by atomic mass is 10.1. The Balaban J connectivity index is 1.63. The molecule has 1 aromatic heterocycles. The molecule has 0 aliphatic carbocycles. The number of rotatable bonds is 11. The van der Waals surface area contributed by atoms with Gasteiger partial charge in [-0.25, -0.2) is 13.9 Å². The Morgan fingerprint density at radius 3 is 2.56 bits per heavy atom. The number of aromatic nitrogens is 1. The topological polar surface area (TPSA) is 127 Å². The van der Waals surface area contributed by atoms with Crippen LogP contribution < -0.4 is 15.8 Å². The van der Waals surface area contributed by atoms with Gasteiger partial charge in [0.1, 0.15) is 5.75 Å². The largest absolute Gasteiger partial charge is 0.493 e. The Morgan fingerprint density at radius 2 is 1.94 bits per heavy atom. The van der Waals surface area contributed by atoms with Crippen LogP contribution in [0, 0.1) is 0 Å². The van der Waals surface area contributed by atoms with E-state index in [1.807, 2.05) is 0 Å². The molecule has 1 fully saturated rings. The molecule has 0 radical (unpaired) electrons. The molecule has 0 saturated carbocycles. The van der Waals surface area contributed by atoms with Crippen molar-refractivity contribution in [3.8, 4) is 16.9 Å². The molecule has 2 N–H and O–H groups in total. The summed E-state index contributed by atoms with van der Waals surface area (Å²) in [5.41, 5.74) is 2.27. The molecule has 10 nitrogen and oxygen atoms in total. The SMILES string of the molecule is CC(CCn1ccc(-c2ccc(OCCCN3CCOCC3)cc2Cl)cc1=O)(C(=O)NO)S(C)(=O)=O. The zero-order valence-corrected chi connectivity index (χ0v) is 22.0. The molecule has 2 heterocycles. The van der Waals surface area contributed by atoms with Crippen molar-refractivity contribution in [2.45, 2.75) is 31.1 Å². The summed E-state index contributed by atoms with van der Waals surface area (Å²) in [6.07, 6.45) is 3.11. The van der Waals surface area contributed by atoms with E-state index >= 15 is 0 Å². The number of nitrogens with one attached hydrogen (secondary N) is 1. The van der Waals surface area contributed by atoms with Crippen molar-refractivity contribution in [2.75, 3.05) is 45.7 Å². The predicted octanol–water partition coefficient (Wildman–Crippen LogP) is 1.97. The van der Waals surface area contributed by atoms with E-state index in [0.717, 1.165) is 45.5 Å². The van der Waals surface area contributed by atoms with Gasteiger partial charge >= 0.3 is 0 Å². The molecule has 1 unspecified atom stereocenters. The lowest BCUT2D eigenvalue weighted by molar-refractivity contribution is -0.131. The molecule has 1 aliphatic rings. The van der Waals surface area contributed by atoms with E-state index in [2.05, 4.69) is 4.90 Å². The first-order valence-corrected chi connectivity index (χ1v) is 13.9. The lowest BCUT2D eigenvalue weighted by Crippen LogP contribution is -2.49. The number of carbonyl (C=O) groups is 1. The highest BCUT2D eigenvalue weighted by Crippen LogP contribution is 2.31. The molecule has 1 amide bonds. The molecule has 0 bridgehead atoms. The normalized spacial score (nSPS) is 16.3. The summed E-state index contributed by atoms with van der Waals surface area (Å²) in [4.78, 5) is 27.0. The van der Waals surface area contributed by atoms with E-state index in [-0.39, 0.29) is 18.5 Å². The summed E-state index contributed by atoms with van der Waals surface area (Å²) in [5, 5.41) is 9.38. The first-order valence-electron chi connectivity index (χ1n) is 11.6. The highest BCUT2D eigenvalue weighted by atomic mass is 35.5. The van der Waals surface area contributed by atoms with Gasteiger partial charge in [-0.15, -0.1) is 0 Å². The van der Waals surface area contributed by atoms with Gasteiger partial charge in [-0.3, -0.25) is 19.7 Å². The Hall–Kier alpha value is -2.44. The van der Waals surface area contributed by atoms with Gasteiger partial charge in [-0.1, -0.05) is 11.6 Å². The molecule has 198 valence electrons. The number of pyridine rings is 1. The number of hydrogen-bond donors (Lipinski definition) is 2. The first kappa shape index (κ1) is 28.1. The number of benzene rings is 1. The summed E-state index contributed by atoms with van der Waals surface area (Å²) < 4.78 is 34.8. The molecule has 1 atom stereocenters. The minimum atomic E-state index is -3.86. The van der Waals surface area contributed by atoms with Crippen molar-refractivity contribution in [2.24, 2.45) is 0 Å². The standard InChI is InChI=1S/C24H32ClN3O7S/c1-24(23(30)26-31,36(2,32)33)7-10-28-9-6-18(16-22(28)29)20-5-4-19(17-21(20)25)35-13-3-8-27-11-14-34-15-12-27/h4-6,9,16-17,31H,3,7-8,10-15H2,1-2H3,(H,26,30). The molecular weight excluding hydrogens is 510 g/mol. The number of morpholine rings is 1. The van der Waals surface area contributed by atoms with Gasteiger partial charge in [0.2, 0.25) is 0 Å². The van der Waals surface area contributed by atoms with Gasteiger partial charge < -0.3 is 14.0 Å². The van der Waals surface area contributed by atoms with Crippen LogP contribution in [-0.2, 0) is 25.9 Å². The van der Waals surface area contributed by atoms with Crippen LogP contribution in [0.5, 0.6) is 5.75 Å². The summed E-state index contributed by atoms with van der Waals surface area (Å²) >= 11 is 6.47. The average Bonchev–Trinajstić information content (AvgIpc) is 2.85. The molecule has 1 aromatic carbocycles. The smallest absolute Gasteiger partial charge is 0.264 e. The van der Waals surface area contributed by atoms with Crippen molar-refractivity contribution in [1.82, 2.24) is 14.9 Å². The second kappa shape index (κ2) is 12.2. The van der Waals surface area contributed by atoms with Crippen LogP contribution >= 0.6 is 11.6 Å². The van der Waals surface area contributed by atoms with Gasteiger partial charge in [-0.05, 0) is 49.6 Å². The highest BCUT2D eigenvalue weighted by molar-refractivity contribution is 7.92.